The number of hydrogen-bond donors (Lipinski definition) is 3. The Morgan fingerprint density at radius 1 is 1.10 bits per heavy atom. The fraction of sp³-hybridized carbons (Fsp3) is 0.250. The van der Waals surface area contributed by atoms with Crippen molar-refractivity contribution in [3.8, 4) is 5.75 Å². The summed E-state index contributed by atoms with van der Waals surface area (Å²) in [7, 11) is 0. The van der Waals surface area contributed by atoms with Gasteiger partial charge >= 0.3 is 0 Å². The second-order valence-electron chi connectivity index (χ2n) is 4.96. The summed E-state index contributed by atoms with van der Waals surface area (Å²) in [6.45, 7) is 1.61. The van der Waals surface area contributed by atoms with Crippen molar-refractivity contribution in [1.29, 1.82) is 0 Å². The first-order valence-electron chi connectivity index (χ1n) is 6.87. The highest BCUT2D eigenvalue weighted by atomic mass is 16.5. The molecule has 1 aliphatic heterocycles. The summed E-state index contributed by atoms with van der Waals surface area (Å²) in [6.07, 6.45) is 0.880. The zero-order chi connectivity index (χ0) is 13.8. The van der Waals surface area contributed by atoms with Crippen LogP contribution in [0.3, 0.4) is 0 Å². The minimum atomic E-state index is 0.350. The lowest BCUT2D eigenvalue weighted by Gasteiger charge is -2.30. The molecule has 1 aliphatic rings. The molecule has 0 aliphatic carbocycles. The molecule has 0 aromatic heterocycles. The number of hydrogen-bond acceptors (Lipinski definition) is 4. The van der Waals surface area contributed by atoms with Gasteiger partial charge in [0.2, 0.25) is 0 Å². The smallest absolute Gasteiger partial charge is 0.124 e. The van der Waals surface area contributed by atoms with Gasteiger partial charge in [0.25, 0.3) is 0 Å². The van der Waals surface area contributed by atoms with Crippen LogP contribution in [0.25, 0.3) is 0 Å². The Hall–Kier alpha value is -2.04. The van der Waals surface area contributed by atoms with E-state index in [9.17, 15) is 0 Å². The molecule has 4 nitrogen and oxygen atoms in total. The molecule has 1 fully saturated rings. The Kier molecular flexibility index (Phi) is 3.85. The molecule has 0 saturated carbocycles. The number of hydrazine groups is 1. The van der Waals surface area contributed by atoms with Gasteiger partial charge in [-0.3, -0.25) is 5.43 Å². The number of ether oxygens (including phenoxy) is 1. The van der Waals surface area contributed by atoms with E-state index in [4.69, 9.17) is 10.5 Å². The van der Waals surface area contributed by atoms with E-state index in [0.29, 0.717) is 12.6 Å². The molecule has 1 atom stereocenters. The third-order valence-electron chi connectivity index (χ3n) is 3.50. The predicted molar refractivity (Wildman–Crippen MR) is 80.4 cm³/mol. The van der Waals surface area contributed by atoms with E-state index in [2.05, 4.69) is 16.9 Å². The van der Waals surface area contributed by atoms with Gasteiger partial charge in [0, 0.05) is 24.2 Å². The lowest BCUT2D eigenvalue weighted by molar-refractivity contribution is 0.278. The number of nitrogens with one attached hydrogen (secondary N) is 2. The summed E-state index contributed by atoms with van der Waals surface area (Å²) in [5, 5.41) is 0. The number of rotatable bonds is 5. The van der Waals surface area contributed by atoms with Gasteiger partial charge in [-0.05, 0) is 23.8 Å². The lowest BCUT2D eigenvalue weighted by atomic mass is 10.0. The van der Waals surface area contributed by atoms with Crippen molar-refractivity contribution >= 4 is 5.69 Å². The SMILES string of the molecule is Nc1ccc(CCOc2ccccc2C2CNN2)cc1. The molecule has 2 aromatic rings. The van der Waals surface area contributed by atoms with E-state index in [1.54, 1.807) is 0 Å². The number of anilines is 1. The molecule has 1 saturated heterocycles. The van der Waals surface area contributed by atoms with Gasteiger partial charge in [-0.2, -0.15) is 0 Å². The van der Waals surface area contributed by atoms with E-state index in [1.165, 1.54) is 11.1 Å². The molecule has 0 radical (unpaired) electrons. The molecule has 4 heteroatoms. The standard InChI is InChI=1S/C16H19N3O/c17-13-7-5-12(6-8-13)9-10-20-16-4-2-1-3-14(16)15-11-18-19-15/h1-8,15,18-19H,9-11,17H2. The Labute approximate surface area is 118 Å². The highest BCUT2D eigenvalue weighted by Gasteiger charge is 2.21. The van der Waals surface area contributed by atoms with Crippen LogP contribution in [0, 0.1) is 0 Å². The molecule has 3 rings (SSSR count). The lowest BCUT2D eigenvalue weighted by Crippen LogP contribution is -2.52. The topological polar surface area (TPSA) is 59.3 Å². The monoisotopic (exact) mass is 269 g/mol. The van der Waals surface area contributed by atoms with Crippen LogP contribution in [0.15, 0.2) is 48.5 Å². The predicted octanol–water partition coefficient (Wildman–Crippen LogP) is 2.04. The summed E-state index contributed by atoms with van der Waals surface area (Å²) >= 11 is 0. The molecule has 1 unspecified atom stereocenters. The average molecular weight is 269 g/mol. The van der Waals surface area contributed by atoms with Crippen LogP contribution in [0.4, 0.5) is 5.69 Å². The van der Waals surface area contributed by atoms with Gasteiger partial charge in [-0.1, -0.05) is 30.3 Å². The largest absolute Gasteiger partial charge is 0.493 e. The Morgan fingerprint density at radius 3 is 2.55 bits per heavy atom. The first-order chi connectivity index (χ1) is 9.83. The highest BCUT2D eigenvalue weighted by Crippen LogP contribution is 2.26. The van der Waals surface area contributed by atoms with Crippen LogP contribution in [-0.4, -0.2) is 13.2 Å². The molecule has 0 spiro atoms. The molecule has 2 aromatic carbocycles. The van der Waals surface area contributed by atoms with Crippen molar-refractivity contribution in [2.45, 2.75) is 12.5 Å². The molecule has 0 bridgehead atoms. The van der Waals surface area contributed by atoms with Crippen LogP contribution < -0.4 is 21.3 Å². The van der Waals surface area contributed by atoms with Crippen molar-refractivity contribution in [2.75, 3.05) is 18.9 Å². The molecular formula is C16H19N3O. The average Bonchev–Trinajstić information content (AvgIpc) is 2.41. The molecule has 4 N–H and O–H groups in total. The first-order valence-corrected chi connectivity index (χ1v) is 6.87. The van der Waals surface area contributed by atoms with Crippen LogP contribution in [0.2, 0.25) is 0 Å². The number of para-hydroxylation sites is 1. The van der Waals surface area contributed by atoms with Crippen LogP contribution >= 0.6 is 0 Å². The van der Waals surface area contributed by atoms with Gasteiger partial charge in [-0.15, -0.1) is 0 Å². The maximum Gasteiger partial charge on any atom is 0.124 e. The van der Waals surface area contributed by atoms with E-state index in [0.717, 1.165) is 24.4 Å². The Balaban J connectivity index is 1.59. The Bertz CT molecular complexity index is 564. The summed E-state index contributed by atoms with van der Waals surface area (Å²) in [4.78, 5) is 0. The van der Waals surface area contributed by atoms with Gasteiger partial charge in [0.1, 0.15) is 5.75 Å². The van der Waals surface area contributed by atoms with Gasteiger partial charge < -0.3 is 10.5 Å². The Morgan fingerprint density at radius 2 is 1.85 bits per heavy atom. The number of benzene rings is 2. The summed E-state index contributed by atoms with van der Waals surface area (Å²) in [5.41, 5.74) is 15.1. The quantitative estimate of drug-likeness (QED) is 0.727. The molecular weight excluding hydrogens is 250 g/mol. The van der Waals surface area contributed by atoms with Crippen molar-refractivity contribution < 1.29 is 4.74 Å². The third kappa shape index (κ3) is 2.92. The summed E-state index contributed by atoms with van der Waals surface area (Å²) in [5.74, 6) is 0.960. The van der Waals surface area contributed by atoms with Gasteiger partial charge in [0.05, 0.1) is 12.6 Å². The van der Waals surface area contributed by atoms with E-state index >= 15 is 0 Å². The minimum Gasteiger partial charge on any atom is -0.493 e. The zero-order valence-corrected chi connectivity index (χ0v) is 11.3. The van der Waals surface area contributed by atoms with Crippen LogP contribution in [-0.2, 0) is 6.42 Å². The van der Waals surface area contributed by atoms with E-state index < -0.39 is 0 Å². The minimum absolute atomic E-state index is 0.350. The second-order valence-corrected chi connectivity index (χ2v) is 4.96. The third-order valence-corrected chi connectivity index (χ3v) is 3.50. The summed E-state index contributed by atoms with van der Waals surface area (Å²) in [6, 6.07) is 16.5. The van der Waals surface area contributed by atoms with E-state index in [-0.39, 0.29) is 0 Å². The molecule has 1 heterocycles. The van der Waals surface area contributed by atoms with E-state index in [1.807, 2.05) is 42.5 Å². The maximum absolute atomic E-state index is 5.93. The zero-order valence-electron chi connectivity index (χ0n) is 11.3. The first kappa shape index (κ1) is 13.0. The molecule has 104 valence electrons. The number of nitrogens with two attached hydrogens (primary N) is 1. The fourth-order valence-corrected chi connectivity index (χ4v) is 2.25. The van der Waals surface area contributed by atoms with Crippen molar-refractivity contribution in [3.05, 3.63) is 59.7 Å². The summed E-state index contributed by atoms with van der Waals surface area (Å²) < 4.78 is 5.93. The number of nitrogen functional groups attached to an aromatic ring is 1. The van der Waals surface area contributed by atoms with Crippen LogP contribution in [0.1, 0.15) is 17.2 Å². The van der Waals surface area contributed by atoms with Crippen molar-refractivity contribution in [2.24, 2.45) is 0 Å². The highest BCUT2D eigenvalue weighted by molar-refractivity contribution is 5.39. The molecule has 0 amide bonds. The van der Waals surface area contributed by atoms with Crippen molar-refractivity contribution in [3.63, 3.8) is 0 Å². The molecule has 20 heavy (non-hydrogen) atoms. The second kappa shape index (κ2) is 5.94. The van der Waals surface area contributed by atoms with Gasteiger partial charge in [-0.25, -0.2) is 5.43 Å². The van der Waals surface area contributed by atoms with Crippen LogP contribution in [0.5, 0.6) is 5.75 Å². The maximum atomic E-state index is 5.93. The van der Waals surface area contributed by atoms with Crippen molar-refractivity contribution in [1.82, 2.24) is 10.9 Å². The van der Waals surface area contributed by atoms with Gasteiger partial charge in [0.15, 0.2) is 0 Å². The normalized spacial score (nSPS) is 17.5. The fourth-order valence-electron chi connectivity index (χ4n) is 2.25.